The Bertz CT molecular complexity index is 744. The van der Waals surface area contributed by atoms with Crippen molar-refractivity contribution in [3.8, 4) is 0 Å². The zero-order valence-electron chi connectivity index (χ0n) is 12.3. The van der Waals surface area contributed by atoms with Crippen LogP contribution in [0.5, 0.6) is 0 Å². The summed E-state index contributed by atoms with van der Waals surface area (Å²) in [6.45, 7) is 5.72. The first kappa shape index (κ1) is 13.8. The van der Waals surface area contributed by atoms with E-state index in [-0.39, 0.29) is 12.0 Å². The lowest BCUT2D eigenvalue weighted by molar-refractivity contribution is -0.136. The highest BCUT2D eigenvalue weighted by Crippen LogP contribution is 2.37. The molecule has 0 amide bonds. The van der Waals surface area contributed by atoms with Gasteiger partial charge in [-0.15, -0.1) is 11.3 Å². The maximum Gasteiger partial charge on any atom is 0.338 e. The lowest BCUT2D eigenvalue weighted by Gasteiger charge is -2.27. The minimum Gasteiger partial charge on any atom is -0.466 e. The highest BCUT2D eigenvalue weighted by Gasteiger charge is 2.35. The number of allylic oxidation sites excluding steroid dienone is 1. The lowest BCUT2D eigenvalue weighted by Crippen LogP contribution is -2.29. The summed E-state index contributed by atoms with van der Waals surface area (Å²) in [6, 6.07) is 1.60. The number of aryl methyl sites for hydroxylation is 2. The van der Waals surface area contributed by atoms with Crippen molar-refractivity contribution in [2.75, 3.05) is 12.4 Å². The van der Waals surface area contributed by atoms with Crippen molar-refractivity contribution in [3.05, 3.63) is 39.1 Å². The van der Waals surface area contributed by atoms with Crippen LogP contribution >= 0.6 is 11.3 Å². The molecule has 0 saturated carbocycles. The number of hydrogen-bond acceptors (Lipinski definition) is 6. The van der Waals surface area contributed by atoms with Crippen LogP contribution in [0, 0.1) is 13.8 Å². The van der Waals surface area contributed by atoms with E-state index in [0.29, 0.717) is 5.57 Å². The number of hydrogen-bond donors (Lipinski definition) is 1. The summed E-state index contributed by atoms with van der Waals surface area (Å²) in [5, 5.41) is 10.5. The molecule has 0 saturated heterocycles. The second-order valence-corrected chi connectivity index (χ2v) is 5.89. The number of methoxy groups -OCH3 is 1. The maximum absolute atomic E-state index is 12.2. The van der Waals surface area contributed by atoms with E-state index in [1.165, 1.54) is 18.4 Å². The Kier molecular flexibility index (Phi) is 3.29. The predicted octanol–water partition coefficient (Wildman–Crippen LogP) is 2.42. The summed E-state index contributed by atoms with van der Waals surface area (Å²) in [5.74, 6) is 0.493. The topological polar surface area (TPSA) is 69.0 Å². The summed E-state index contributed by atoms with van der Waals surface area (Å²) in [5.41, 5.74) is 3.13. The summed E-state index contributed by atoms with van der Waals surface area (Å²) < 4.78 is 6.74. The summed E-state index contributed by atoms with van der Waals surface area (Å²) in [4.78, 5) is 16.7. The van der Waals surface area contributed by atoms with Gasteiger partial charge in [-0.1, -0.05) is 0 Å². The van der Waals surface area contributed by atoms with Crippen molar-refractivity contribution in [3.63, 3.8) is 0 Å². The van der Waals surface area contributed by atoms with Gasteiger partial charge in [-0.2, -0.15) is 5.10 Å². The quantitative estimate of drug-likeness (QED) is 0.863. The van der Waals surface area contributed by atoms with Crippen molar-refractivity contribution in [2.24, 2.45) is 0 Å². The minimum atomic E-state index is -0.364. The molecule has 1 atom stereocenters. The summed E-state index contributed by atoms with van der Waals surface area (Å²) in [6.07, 6.45) is 0. The number of esters is 1. The largest absolute Gasteiger partial charge is 0.466 e. The van der Waals surface area contributed by atoms with Gasteiger partial charge in [0.05, 0.1) is 18.4 Å². The molecule has 7 heteroatoms. The molecule has 1 N–H and O–H groups in total. The molecule has 110 valence electrons. The molecule has 1 aliphatic rings. The van der Waals surface area contributed by atoms with Crippen LogP contribution in [-0.4, -0.2) is 27.8 Å². The van der Waals surface area contributed by atoms with E-state index in [1.54, 1.807) is 4.68 Å². The number of thiazole rings is 1. The molecule has 0 aromatic carbocycles. The number of rotatable bonds is 2. The molecule has 1 unspecified atom stereocenters. The Morgan fingerprint density at radius 3 is 2.76 bits per heavy atom. The molecule has 0 fully saturated rings. The molecule has 0 radical (unpaired) electrons. The Balaban J connectivity index is 2.20. The van der Waals surface area contributed by atoms with Gasteiger partial charge in [0.1, 0.15) is 16.9 Å². The van der Waals surface area contributed by atoms with Crippen LogP contribution in [-0.2, 0) is 9.53 Å². The zero-order chi connectivity index (χ0) is 15.1. The third kappa shape index (κ3) is 2.23. The molecular formula is C14H16N4O2S. The number of carbonyl (C=O) groups is 1. The SMILES string of the molecule is COC(=O)C1=C(C)Nc2cc(C)nn2C1c1nc(C)cs1. The molecule has 3 rings (SSSR count). The third-order valence-corrected chi connectivity index (χ3v) is 4.39. The van der Waals surface area contributed by atoms with Gasteiger partial charge in [0.2, 0.25) is 0 Å². The molecule has 6 nitrogen and oxygen atoms in total. The fourth-order valence-corrected chi connectivity index (χ4v) is 3.38. The van der Waals surface area contributed by atoms with Crippen molar-refractivity contribution in [2.45, 2.75) is 26.8 Å². The second-order valence-electron chi connectivity index (χ2n) is 5.00. The van der Waals surface area contributed by atoms with E-state index >= 15 is 0 Å². The first-order valence-corrected chi connectivity index (χ1v) is 7.43. The summed E-state index contributed by atoms with van der Waals surface area (Å²) in [7, 11) is 1.39. The average molecular weight is 304 g/mol. The fraction of sp³-hybridized carbons (Fsp3) is 0.357. The number of nitrogens with zero attached hydrogens (tertiary/aromatic N) is 3. The van der Waals surface area contributed by atoms with E-state index in [2.05, 4.69) is 15.4 Å². The van der Waals surface area contributed by atoms with Crippen LogP contribution in [0.3, 0.4) is 0 Å². The van der Waals surface area contributed by atoms with Crippen LogP contribution < -0.4 is 5.32 Å². The van der Waals surface area contributed by atoms with E-state index in [9.17, 15) is 4.79 Å². The van der Waals surface area contributed by atoms with Crippen LogP contribution in [0.2, 0.25) is 0 Å². The Hall–Kier alpha value is -2.15. The lowest BCUT2D eigenvalue weighted by atomic mass is 10.0. The number of carbonyl (C=O) groups excluding carboxylic acids is 1. The number of aromatic nitrogens is 3. The van der Waals surface area contributed by atoms with Gasteiger partial charge >= 0.3 is 5.97 Å². The van der Waals surface area contributed by atoms with Gasteiger partial charge in [-0.3, -0.25) is 0 Å². The molecule has 0 spiro atoms. The highest BCUT2D eigenvalue weighted by atomic mass is 32.1. The first-order chi connectivity index (χ1) is 10.0. The van der Waals surface area contributed by atoms with Crippen LogP contribution in [0.15, 0.2) is 22.7 Å². The van der Waals surface area contributed by atoms with Gasteiger partial charge in [0.15, 0.2) is 0 Å². The number of ether oxygens (including phenoxy) is 1. The van der Waals surface area contributed by atoms with E-state index < -0.39 is 0 Å². The molecule has 2 aromatic rings. The molecule has 3 heterocycles. The average Bonchev–Trinajstić information content (AvgIpc) is 3.01. The van der Waals surface area contributed by atoms with Gasteiger partial charge in [0, 0.05) is 22.8 Å². The first-order valence-electron chi connectivity index (χ1n) is 6.55. The molecular weight excluding hydrogens is 288 g/mol. The van der Waals surface area contributed by atoms with Gasteiger partial charge in [0.25, 0.3) is 0 Å². The van der Waals surface area contributed by atoms with Crippen LogP contribution in [0.25, 0.3) is 0 Å². The number of anilines is 1. The minimum absolute atomic E-state index is 0.346. The van der Waals surface area contributed by atoms with E-state index in [0.717, 1.165) is 27.9 Å². The van der Waals surface area contributed by atoms with Crippen LogP contribution in [0.1, 0.15) is 29.4 Å². The Labute approximate surface area is 126 Å². The Morgan fingerprint density at radius 1 is 1.38 bits per heavy atom. The number of nitrogens with one attached hydrogen (secondary N) is 1. The highest BCUT2D eigenvalue weighted by molar-refractivity contribution is 7.09. The smallest absolute Gasteiger partial charge is 0.338 e. The maximum atomic E-state index is 12.2. The van der Waals surface area contributed by atoms with E-state index in [1.807, 2.05) is 32.2 Å². The summed E-state index contributed by atoms with van der Waals surface area (Å²) >= 11 is 1.52. The van der Waals surface area contributed by atoms with Crippen LogP contribution in [0.4, 0.5) is 5.82 Å². The van der Waals surface area contributed by atoms with Gasteiger partial charge in [-0.25, -0.2) is 14.5 Å². The fourth-order valence-electron chi connectivity index (χ4n) is 2.49. The van der Waals surface area contributed by atoms with Gasteiger partial charge in [-0.05, 0) is 20.8 Å². The standard InChI is InChI=1S/C14H16N4O2S/c1-7-5-10-16-9(3)11(14(19)20-4)12(18(10)17-7)13-15-8(2)6-21-13/h5-6,12,16H,1-4H3. The monoisotopic (exact) mass is 304 g/mol. The van der Waals surface area contributed by atoms with Crippen molar-refractivity contribution >= 4 is 23.1 Å². The van der Waals surface area contributed by atoms with E-state index in [4.69, 9.17) is 4.74 Å². The van der Waals surface area contributed by atoms with Crippen molar-refractivity contribution in [1.29, 1.82) is 0 Å². The normalized spacial score (nSPS) is 17.4. The molecule has 2 aromatic heterocycles. The molecule has 0 aliphatic carbocycles. The number of fused-ring (bicyclic) bond motifs is 1. The Morgan fingerprint density at radius 2 is 2.14 bits per heavy atom. The molecule has 21 heavy (non-hydrogen) atoms. The van der Waals surface area contributed by atoms with Gasteiger partial charge < -0.3 is 10.1 Å². The second kappa shape index (κ2) is 5.00. The van der Waals surface area contributed by atoms with Crippen molar-refractivity contribution < 1.29 is 9.53 Å². The molecule has 1 aliphatic heterocycles. The predicted molar refractivity (Wildman–Crippen MR) is 80.3 cm³/mol. The molecule has 0 bridgehead atoms. The third-order valence-electron chi connectivity index (χ3n) is 3.37. The van der Waals surface area contributed by atoms with Crippen molar-refractivity contribution in [1.82, 2.24) is 14.8 Å². The zero-order valence-corrected chi connectivity index (χ0v) is 13.1.